The molecular weight excluding hydrogens is 548 g/mol. The van der Waals surface area contributed by atoms with E-state index >= 15 is 0 Å². The van der Waals surface area contributed by atoms with Gasteiger partial charge in [-0.2, -0.15) is 0 Å². The summed E-state index contributed by atoms with van der Waals surface area (Å²) in [6.45, 7) is 11.6. The largest absolute Gasteiger partial charge is 0.460 e. The van der Waals surface area contributed by atoms with Gasteiger partial charge in [-0.15, -0.1) is 11.3 Å². The third kappa shape index (κ3) is 6.83. The Morgan fingerprint density at radius 2 is 1.70 bits per heavy atom. The summed E-state index contributed by atoms with van der Waals surface area (Å²) in [6, 6.07) is 11.4. The second-order valence-corrected chi connectivity index (χ2v) is 16.1. The van der Waals surface area contributed by atoms with Gasteiger partial charge in [0, 0.05) is 34.8 Å². The summed E-state index contributed by atoms with van der Waals surface area (Å²) in [5.74, 6) is -0.207. The number of rotatable bonds is 6. The van der Waals surface area contributed by atoms with Crippen LogP contribution in [0.4, 0.5) is 0 Å². The van der Waals surface area contributed by atoms with Gasteiger partial charge in [-0.3, -0.25) is 9.59 Å². The molecule has 0 unspecified atom stereocenters. The minimum absolute atomic E-state index is 0.0746. The number of aromatic nitrogens is 1. The topological polar surface area (TPSA) is 107 Å². The molecule has 1 fully saturated rings. The van der Waals surface area contributed by atoms with Crippen molar-refractivity contribution in [3.63, 3.8) is 0 Å². The molecule has 8 nitrogen and oxygen atoms in total. The van der Waals surface area contributed by atoms with Gasteiger partial charge in [-0.25, -0.2) is 13.4 Å². The number of hydrogen-bond donors (Lipinski definition) is 0. The molecule has 3 heterocycles. The molecule has 0 saturated carbocycles. The van der Waals surface area contributed by atoms with Crippen molar-refractivity contribution in [2.24, 2.45) is 5.41 Å². The number of ether oxygens (including phenoxy) is 1. The minimum Gasteiger partial charge on any atom is -0.460 e. The molecule has 0 aliphatic carbocycles. The zero-order chi connectivity index (χ0) is 29.3. The van der Waals surface area contributed by atoms with Crippen LogP contribution >= 0.6 is 11.3 Å². The van der Waals surface area contributed by atoms with Gasteiger partial charge in [0.05, 0.1) is 18.4 Å². The highest BCUT2D eigenvalue weighted by Gasteiger charge is 2.50. The molecule has 1 amide bonds. The Morgan fingerprint density at radius 1 is 1.02 bits per heavy atom. The summed E-state index contributed by atoms with van der Waals surface area (Å²) in [5, 5.41) is 0. The average molecular weight is 587 g/mol. The number of nitrogens with zero attached hydrogens (tertiary/aromatic N) is 2. The van der Waals surface area contributed by atoms with Crippen LogP contribution in [0.25, 0.3) is 21.8 Å². The van der Waals surface area contributed by atoms with Crippen molar-refractivity contribution < 1.29 is 27.2 Å². The maximum absolute atomic E-state index is 14.0. The first kappa shape index (κ1) is 30.0. The van der Waals surface area contributed by atoms with Crippen LogP contribution < -0.4 is 0 Å². The highest BCUT2D eigenvalue weighted by Crippen LogP contribution is 2.46. The summed E-state index contributed by atoms with van der Waals surface area (Å²) in [6.07, 6.45) is 3.15. The normalized spacial score (nSPS) is 19.7. The lowest BCUT2D eigenvalue weighted by atomic mass is 9.91. The third-order valence-electron chi connectivity index (χ3n) is 6.84. The van der Waals surface area contributed by atoms with E-state index in [1.165, 1.54) is 17.7 Å². The van der Waals surface area contributed by atoms with Crippen LogP contribution in [-0.4, -0.2) is 54.6 Å². The number of oxazole rings is 1. The van der Waals surface area contributed by atoms with Crippen molar-refractivity contribution in [2.45, 2.75) is 71.2 Å². The standard InChI is InChI=1S/C30H38N2O6S2/c1-28(2,3)17-26(33)32-14-13-30(40(35,36)16-15-32,18-27(34)38-29(4,5)6)25-12-11-24(39-25)22-9-7-21(8-10-22)23-19-31-20-37-23/h7-12,19-20H,13-18H2,1-6H3/t30-/m0/s1. The Morgan fingerprint density at radius 3 is 2.30 bits per heavy atom. The molecule has 40 heavy (non-hydrogen) atoms. The highest BCUT2D eigenvalue weighted by atomic mass is 32.2. The summed E-state index contributed by atoms with van der Waals surface area (Å²) >= 11 is 1.36. The molecule has 216 valence electrons. The number of benzene rings is 1. The van der Waals surface area contributed by atoms with Gasteiger partial charge >= 0.3 is 5.97 Å². The van der Waals surface area contributed by atoms with Crippen molar-refractivity contribution in [3.05, 3.63) is 53.9 Å². The first-order chi connectivity index (χ1) is 18.6. The maximum Gasteiger partial charge on any atom is 0.308 e. The fourth-order valence-electron chi connectivity index (χ4n) is 4.89. The molecule has 10 heteroatoms. The molecule has 1 saturated heterocycles. The molecule has 0 N–H and O–H groups in total. The lowest BCUT2D eigenvalue weighted by molar-refractivity contribution is -0.155. The van der Waals surface area contributed by atoms with Crippen molar-refractivity contribution in [1.82, 2.24) is 9.88 Å². The monoisotopic (exact) mass is 586 g/mol. The molecule has 0 radical (unpaired) electrons. The van der Waals surface area contributed by atoms with Crippen LogP contribution in [0, 0.1) is 5.41 Å². The van der Waals surface area contributed by atoms with Crippen LogP contribution in [-0.2, 0) is 28.9 Å². The van der Waals surface area contributed by atoms with E-state index in [9.17, 15) is 18.0 Å². The van der Waals surface area contributed by atoms with Gasteiger partial charge in [0.15, 0.2) is 22.0 Å². The molecule has 1 atom stereocenters. The Kier molecular flexibility index (Phi) is 8.34. The lowest BCUT2D eigenvalue weighted by Crippen LogP contribution is -2.40. The molecule has 1 aromatic carbocycles. The molecule has 1 aliphatic heterocycles. The van der Waals surface area contributed by atoms with Crippen molar-refractivity contribution in [2.75, 3.05) is 18.8 Å². The van der Waals surface area contributed by atoms with Gasteiger partial charge in [0.2, 0.25) is 5.91 Å². The van der Waals surface area contributed by atoms with E-state index in [4.69, 9.17) is 9.15 Å². The van der Waals surface area contributed by atoms with Crippen LogP contribution in [0.3, 0.4) is 0 Å². The summed E-state index contributed by atoms with van der Waals surface area (Å²) in [4.78, 5) is 33.3. The van der Waals surface area contributed by atoms with E-state index in [1.807, 2.05) is 51.1 Å². The second-order valence-electron chi connectivity index (χ2n) is 12.6. The fraction of sp³-hybridized carbons (Fsp3) is 0.500. The maximum atomic E-state index is 14.0. The molecule has 0 spiro atoms. The number of carbonyl (C=O) groups excluding carboxylic acids is 2. The minimum atomic E-state index is -3.84. The third-order valence-corrected chi connectivity index (χ3v) is 10.8. The van der Waals surface area contributed by atoms with Crippen LogP contribution in [0.15, 0.2) is 53.4 Å². The zero-order valence-electron chi connectivity index (χ0n) is 24.0. The number of esters is 1. The van der Waals surface area contributed by atoms with E-state index in [2.05, 4.69) is 4.98 Å². The Balaban J connectivity index is 1.70. The van der Waals surface area contributed by atoms with Gasteiger partial charge in [0.1, 0.15) is 10.3 Å². The van der Waals surface area contributed by atoms with Gasteiger partial charge < -0.3 is 14.1 Å². The molecule has 0 bridgehead atoms. The molecule has 3 aromatic rings. The lowest BCUT2D eigenvalue weighted by Gasteiger charge is -2.32. The van der Waals surface area contributed by atoms with Crippen molar-refractivity contribution in [1.29, 1.82) is 0 Å². The number of amides is 1. The van der Waals surface area contributed by atoms with E-state index in [1.54, 1.807) is 37.9 Å². The van der Waals surface area contributed by atoms with Gasteiger partial charge in [-0.1, -0.05) is 45.0 Å². The predicted octanol–water partition coefficient (Wildman–Crippen LogP) is 6.08. The summed E-state index contributed by atoms with van der Waals surface area (Å²) < 4.78 is 37.6. The first-order valence-electron chi connectivity index (χ1n) is 13.4. The molecule has 2 aromatic heterocycles. The highest BCUT2D eigenvalue weighted by molar-refractivity contribution is 7.92. The van der Waals surface area contributed by atoms with Crippen LogP contribution in [0.5, 0.6) is 0 Å². The Hall–Kier alpha value is -2.98. The van der Waals surface area contributed by atoms with E-state index in [-0.39, 0.29) is 43.0 Å². The smallest absolute Gasteiger partial charge is 0.308 e. The summed E-state index contributed by atoms with van der Waals surface area (Å²) in [7, 11) is -3.84. The number of thiophene rings is 1. The van der Waals surface area contributed by atoms with Crippen LogP contribution in [0.1, 0.15) is 65.7 Å². The quantitative estimate of drug-likeness (QED) is 0.322. The zero-order valence-corrected chi connectivity index (χ0v) is 25.7. The Bertz CT molecular complexity index is 1440. The van der Waals surface area contributed by atoms with E-state index in [0.717, 1.165) is 16.0 Å². The van der Waals surface area contributed by atoms with Gasteiger partial charge in [0.25, 0.3) is 0 Å². The van der Waals surface area contributed by atoms with Gasteiger partial charge in [-0.05, 0) is 50.3 Å². The number of carbonyl (C=O) groups is 2. The van der Waals surface area contributed by atoms with Crippen molar-refractivity contribution in [3.8, 4) is 21.8 Å². The van der Waals surface area contributed by atoms with E-state index < -0.39 is 26.2 Å². The second kappa shape index (κ2) is 11.1. The predicted molar refractivity (Wildman–Crippen MR) is 156 cm³/mol. The average Bonchev–Trinajstić information content (AvgIpc) is 3.51. The molecule has 1 aliphatic rings. The Labute approximate surface area is 240 Å². The van der Waals surface area contributed by atoms with E-state index in [0.29, 0.717) is 17.1 Å². The first-order valence-corrected chi connectivity index (χ1v) is 15.9. The molecule has 4 rings (SSSR count). The summed E-state index contributed by atoms with van der Waals surface area (Å²) in [5.41, 5.74) is 0.820. The molecular formula is C30H38N2O6S2. The van der Waals surface area contributed by atoms with Crippen LogP contribution in [0.2, 0.25) is 0 Å². The SMILES string of the molecule is CC(C)(C)CC(=O)N1CC[C@](CC(=O)OC(C)(C)C)(c2ccc(-c3ccc(-c4cnco4)cc3)s2)S(=O)(=O)CC1. The number of hydrogen-bond acceptors (Lipinski definition) is 8. The number of sulfone groups is 1. The fourth-order valence-corrected chi connectivity index (χ4v) is 8.49. The van der Waals surface area contributed by atoms with Crippen molar-refractivity contribution >= 4 is 33.1 Å².